The van der Waals surface area contributed by atoms with Crippen molar-refractivity contribution >= 4 is 5.91 Å². The first-order valence-electron chi connectivity index (χ1n) is 9.09. The van der Waals surface area contributed by atoms with Crippen LogP contribution in [0.1, 0.15) is 33.4 Å². The number of ether oxygens (including phenoxy) is 2. The van der Waals surface area contributed by atoms with Gasteiger partial charge >= 0.3 is 0 Å². The highest BCUT2D eigenvalue weighted by atomic mass is 16.5. The van der Waals surface area contributed by atoms with Crippen molar-refractivity contribution < 1.29 is 14.3 Å². The standard InChI is InChI=1S/C20H21N5O3/c1-27-16-6-4-15(5-7-16)18-12-25-17(13-28-18)19(23-24-25)20(26)22-10-8-14-3-2-9-21-11-14/h2-7,9,11,18H,8,10,12-13H2,1H3,(H,22,26)/t18-/m1/s1. The lowest BCUT2D eigenvalue weighted by Crippen LogP contribution is -2.29. The molecule has 8 heteroatoms. The predicted molar refractivity (Wildman–Crippen MR) is 101 cm³/mol. The van der Waals surface area contributed by atoms with Gasteiger partial charge in [0.15, 0.2) is 5.69 Å². The molecule has 0 aliphatic carbocycles. The van der Waals surface area contributed by atoms with E-state index in [4.69, 9.17) is 9.47 Å². The molecule has 8 nitrogen and oxygen atoms in total. The largest absolute Gasteiger partial charge is 0.497 e. The van der Waals surface area contributed by atoms with Crippen LogP contribution in [0.2, 0.25) is 0 Å². The van der Waals surface area contributed by atoms with E-state index in [1.54, 1.807) is 24.2 Å². The van der Waals surface area contributed by atoms with Gasteiger partial charge in [-0.15, -0.1) is 5.10 Å². The second kappa shape index (κ2) is 8.18. The SMILES string of the molecule is COc1ccc([C@H]2Cn3nnc(C(=O)NCCc4cccnc4)c3CO2)cc1. The third-order valence-corrected chi connectivity index (χ3v) is 4.72. The second-order valence-electron chi connectivity index (χ2n) is 6.51. The number of fused-ring (bicyclic) bond motifs is 1. The number of rotatable bonds is 6. The summed E-state index contributed by atoms with van der Waals surface area (Å²) in [6, 6.07) is 11.6. The zero-order chi connectivity index (χ0) is 19.3. The van der Waals surface area contributed by atoms with Crippen LogP contribution in [0.5, 0.6) is 5.75 Å². The van der Waals surface area contributed by atoms with Crippen molar-refractivity contribution in [2.45, 2.75) is 25.7 Å². The Balaban J connectivity index is 1.38. The number of carbonyl (C=O) groups is 1. The van der Waals surface area contributed by atoms with Crippen LogP contribution in [-0.2, 0) is 24.3 Å². The first-order valence-corrected chi connectivity index (χ1v) is 9.09. The van der Waals surface area contributed by atoms with Crippen LogP contribution in [-0.4, -0.2) is 39.5 Å². The van der Waals surface area contributed by atoms with Crippen molar-refractivity contribution in [2.24, 2.45) is 0 Å². The molecule has 1 aliphatic heterocycles. The lowest BCUT2D eigenvalue weighted by Gasteiger charge is -2.24. The fraction of sp³-hybridized carbons (Fsp3) is 0.300. The number of hydrogen-bond donors (Lipinski definition) is 1. The van der Waals surface area contributed by atoms with Gasteiger partial charge in [0.1, 0.15) is 11.9 Å². The summed E-state index contributed by atoms with van der Waals surface area (Å²) in [7, 11) is 1.64. The highest BCUT2D eigenvalue weighted by Gasteiger charge is 2.27. The molecule has 0 saturated heterocycles. The molecule has 1 aromatic carbocycles. The summed E-state index contributed by atoms with van der Waals surface area (Å²) in [6.45, 7) is 1.30. The average Bonchev–Trinajstić information content (AvgIpc) is 3.18. The molecule has 4 rings (SSSR count). The van der Waals surface area contributed by atoms with Gasteiger partial charge in [-0.25, -0.2) is 4.68 Å². The summed E-state index contributed by atoms with van der Waals surface area (Å²) < 4.78 is 12.9. The third-order valence-electron chi connectivity index (χ3n) is 4.72. The molecule has 0 spiro atoms. The first kappa shape index (κ1) is 18.1. The van der Waals surface area contributed by atoms with Crippen molar-refractivity contribution in [1.29, 1.82) is 0 Å². The highest BCUT2D eigenvalue weighted by molar-refractivity contribution is 5.93. The monoisotopic (exact) mass is 379 g/mol. The Kier molecular flexibility index (Phi) is 5.29. The minimum atomic E-state index is -0.239. The number of benzene rings is 1. The Labute approximate surface area is 162 Å². The lowest BCUT2D eigenvalue weighted by molar-refractivity contribution is -0.00179. The molecule has 1 aliphatic rings. The van der Waals surface area contributed by atoms with Gasteiger partial charge in [0.2, 0.25) is 0 Å². The van der Waals surface area contributed by atoms with Crippen LogP contribution in [0.25, 0.3) is 0 Å². The van der Waals surface area contributed by atoms with E-state index in [1.807, 2.05) is 36.4 Å². The van der Waals surface area contributed by atoms with Crippen molar-refractivity contribution in [3.8, 4) is 5.75 Å². The quantitative estimate of drug-likeness (QED) is 0.704. The number of amides is 1. The van der Waals surface area contributed by atoms with Gasteiger partial charge in [0.05, 0.1) is 26.0 Å². The summed E-state index contributed by atoms with van der Waals surface area (Å²) in [4.78, 5) is 16.5. The van der Waals surface area contributed by atoms with E-state index in [2.05, 4.69) is 20.6 Å². The molecule has 1 atom stereocenters. The number of nitrogens with zero attached hydrogens (tertiary/aromatic N) is 4. The van der Waals surface area contributed by atoms with E-state index in [-0.39, 0.29) is 18.6 Å². The number of methoxy groups -OCH3 is 1. The van der Waals surface area contributed by atoms with E-state index in [0.717, 1.165) is 16.9 Å². The number of carbonyl (C=O) groups excluding carboxylic acids is 1. The zero-order valence-corrected chi connectivity index (χ0v) is 15.5. The van der Waals surface area contributed by atoms with Crippen LogP contribution in [0, 0.1) is 0 Å². The van der Waals surface area contributed by atoms with Gasteiger partial charge < -0.3 is 14.8 Å². The predicted octanol–water partition coefficient (Wildman–Crippen LogP) is 1.93. The van der Waals surface area contributed by atoms with Crippen LogP contribution < -0.4 is 10.1 Å². The molecule has 3 aromatic rings. The molecule has 0 fully saturated rings. The molecule has 0 unspecified atom stereocenters. The van der Waals surface area contributed by atoms with Crippen LogP contribution >= 0.6 is 0 Å². The maximum Gasteiger partial charge on any atom is 0.273 e. The normalized spacial score (nSPS) is 15.7. The highest BCUT2D eigenvalue weighted by Crippen LogP contribution is 2.28. The van der Waals surface area contributed by atoms with Crippen molar-refractivity contribution in [1.82, 2.24) is 25.3 Å². The first-order chi connectivity index (χ1) is 13.7. The van der Waals surface area contributed by atoms with Crippen molar-refractivity contribution in [2.75, 3.05) is 13.7 Å². The summed E-state index contributed by atoms with van der Waals surface area (Å²) in [5.41, 5.74) is 3.12. The van der Waals surface area contributed by atoms with Crippen molar-refractivity contribution in [3.05, 3.63) is 71.3 Å². The molecule has 0 radical (unpaired) electrons. The summed E-state index contributed by atoms with van der Waals surface area (Å²) in [5, 5.41) is 11.1. The fourth-order valence-corrected chi connectivity index (χ4v) is 3.16. The molecule has 1 N–H and O–H groups in total. The van der Waals surface area contributed by atoms with Crippen LogP contribution in [0.3, 0.4) is 0 Å². The van der Waals surface area contributed by atoms with Gasteiger partial charge in [-0.2, -0.15) is 0 Å². The number of nitrogens with one attached hydrogen (secondary N) is 1. The Morgan fingerprint density at radius 1 is 1.32 bits per heavy atom. The summed E-state index contributed by atoms with van der Waals surface area (Å²) >= 11 is 0. The minimum absolute atomic E-state index is 0.137. The molecule has 0 bridgehead atoms. The topological polar surface area (TPSA) is 91.2 Å². The Morgan fingerprint density at radius 3 is 2.93 bits per heavy atom. The molecule has 0 saturated carbocycles. The molecule has 28 heavy (non-hydrogen) atoms. The minimum Gasteiger partial charge on any atom is -0.497 e. The number of aromatic nitrogens is 4. The van der Waals surface area contributed by atoms with E-state index >= 15 is 0 Å². The molecular formula is C20H21N5O3. The van der Waals surface area contributed by atoms with E-state index in [1.165, 1.54) is 0 Å². The maximum absolute atomic E-state index is 12.5. The smallest absolute Gasteiger partial charge is 0.273 e. The summed E-state index contributed by atoms with van der Waals surface area (Å²) in [6.07, 6.45) is 4.09. The molecular weight excluding hydrogens is 358 g/mol. The average molecular weight is 379 g/mol. The summed E-state index contributed by atoms with van der Waals surface area (Å²) in [5.74, 6) is 0.558. The molecule has 2 aromatic heterocycles. The lowest BCUT2D eigenvalue weighted by atomic mass is 10.1. The molecule has 144 valence electrons. The molecule has 3 heterocycles. The van der Waals surface area contributed by atoms with Crippen molar-refractivity contribution in [3.63, 3.8) is 0 Å². The Bertz CT molecular complexity index is 940. The van der Waals surface area contributed by atoms with Crippen LogP contribution in [0.15, 0.2) is 48.8 Å². The van der Waals surface area contributed by atoms with Gasteiger partial charge in [-0.05, 0) is 35.7 Å². The Hall–Kier alpha value is -3.26. The third kappa shape index (κ3) is 3.86. The second-order valence-corrected chi connectivity index (χ2v) is 6.51. The van der Waals surface area contributed by atoms with E-state index in [0.29, 0.717) is 30.9 Å². The number of hydrogen-bond acceptors (Lipinski definition) is 6. The van der Waals surface area contributed by atoms with Gasteiger partial charge in [0, 0.05) is 18.9 Å². The molecule has 1 amide bonds. The van der Waals surface area contributed by atoms with Gasteiger partial charge in [0.25, 0.3) is 5.91 Å². The van der Waals surface area contributed by atoms with E-state index in [9.17, 15) is 4.79 Å². The van der Waals surface area contributed by atoms with Gasteiger partial charge in [-0.3, -0.25) is 9.78 Å². The number of pyridine rings is 1. The maximum atomic E-state index is 12.5. The van der Waals surface area contributed by atoms with Gasteiger partial charge in [-0.1, -0.05) is 23.4 Å². The van der Waals surface area contributed by atoms with Crippen LogP contribution in [0.4, 0.5) is 0 Å². The fourth-order valence-electron chi connectivity index (χ4n) is 3.16. The zero-order valence-electron chi connectivity index (χ0n) is 15.5. The van der Waals surface area contributed by atoms with E-state index < -0.39 is 0 Å². The Morgan fingerprint density at radius 2 is 2.18 bits per heavy atom.